The number of nitrogens with two attached hydrogens (primary N) is 1. The van der Waals surface area contributed by atoms with E-state index in [0.717, 1.165) is 25.8 Å². The van der Waals surface area contributed by atoms with Crippen molar-refractivity contribution in [3.05, 3.63) is 53.6 Å². The van der Waals surface area contributed by atoms with Crippen LogP contribution in [-0.2, 0) is 19.4 Å². The Morgan fingerprint density at radius 3 is 2.67 bits per heavy atom. The average molecular weight is 243 g/mol. The molecule has 1 aromatic heterocycles. The fourth-order valence-corrected chi connectivity index (χ4v) is 2.23. The molecule has 0 atom stereocenters. The van der Waals surface area contributed by atoms with Gasteiger partial charge in [0.25, 0.3) is 0 Å². The summed E-state index contributed by atoms with van der Waals surface area (Å²) in [6.45, 7) is 3.77. The molecule has 0 amide bonds. The molecule has 0 aliphatic carbocycles. The van der Waals surface area contributed by atoms with E-state index in [9.17, 15) is 0 Å². The van der Waals surface area contributed by atoms with Crippen molar-refractivity contribution in [2.45, 2.75) is 32.7 Å². The number of hydrogen-bond donors (Lipinski definition) is 1. The molecule has 0 radical (unpaired) electrons. The highest BCUT2D eigenvalue weighted by molar-refractivity contribution is 5.28. The van der Waals surface area contributed by atoms with E-state index in [4.69, 9.17) is 5.73 Å². The molecule has 2 aromatic rings. The van der Waals surface area contributed by atoms with E-state index < -0.39 is 0 Å². The summed E-state index contributed by atoms with van der Waals surface area (Å²) >= 11 is 0. The van der Waals surface area contributed by atoms with Crippen LogP contribution in [0.15, 0.2) is 36.7 Å². The summed E-state index contributed by atoms with van der Waals surface area (Å²) in [5.74, 6) is 1.17. The topological polar surface area (TPSA) is 43.8 Å². The van der Waals surface area contributed by atoms with Gasteiger partial charge in [0.1, 0.15) is 5.82 Å². The monoisotopic (exact) mass is 243 g/mol. The highest BCUT2D eigenvalue weighted by Crippen LogP contribution is 2.13. The Morgan fingerprint density at radius 1 is 1.17 bits per heavy atom. The molecule has 3 nitrogen and oxygen atoms in total. The highest BCUT2D eigenvalue weighted by Gasteiger charge is 2.05. The molecule has 2 N–H and O–H groups in total. The smallest absolute Gasteiger partial charge is 0.108 e. The molecule has 3 heteroatoms. The maximum atomic E-state index is 5.66. The summed E-state index contributed by atoms with van der Waals surface area (Å²) in [7, 11) is 0. The fraction of sp³-hybridized carbons (Fsp3) is 0.400. The number of hydrogen-bond acceptors (Lipinski definition) is 2. The minimum Gasteiger partial charge on any atom is -0.331 e. The van der Waals surface area contributed by atoms with E-state index >= 15 is 0 Å². The van der Waals surface area contributed by atoms with E-state index in [1.54, 1.807) is 0 Å². The minimum absolute atomic E-state index is 0.697. The van der Waals surface area contributed by atoms with Gasteiger partial charge in [0.05, 0.1) is 0 Å². The van der Waals surface area contributed by atoms with Crippen molar-refractivity contribution in [3.63, 3.8) is 0 Å². The number of benzene rings is 1. The van der Waals surface area contributed by atoms with E-state index in [-0.39, 0.29) is 0 Å². The lowest BCUT2D eigenvalue weighted by atomic mass is 10.0. The van der Waals surface area contributed by atoms with Gasteiger partial charge in [0.2, 0.25) is 0 Å². The lowest BCUT2D eigenvalue weighted by Crippen LogP contribution is -2.09. The van der Waals surface area contributed by atoms with E-state index in [0.29, 0.717) is 6.54 Å². The zero-order chi connectivity index (χ0) is 12.8. The molecule has 0 aliphatic heterocycles. The number of aromatic nitrogens is 2. The third-order valence-electron chi connectivity index (χ3n) is 3.15. The van der Waals surface area contributed by atoms with Crippen LogP contribution in [0.2, 0.25) is 0 Å². The quantitative estimate of drug-likeness (QED) is 0.846. The van der Waals surface area contributed by atoms with Crippen molar-refractivity contribution >= 4 is 0 Å². The largest absolute Gasteiger partial charge is 0.331 e. The SMILES string of the molecule is CCCc1nccn1Cc1ccccc1CCN. The van der Waals surface area contributed by atoms with Gasteiger partial charge in [-0.1, -0.05) is 31.2 Å². The Balaban J connectivity index is 2.20. The first kappa shape index (κ1) is 12.8. The first-order valence-electron chi connectivity index (χ1n) is 6.62. The van der Waals surface area contributed by atoms with Crippen LogP contribution in [0.3, 0.4) is 0 Å². The molecular weight excluding hydrogens is 222 g/mol. The maximum Gasteiger partial charge on any atom is 0.108 e. The zero-order valence-corrected chi connectivity index (χ0v) is 11.0. The van der Waals surface area contributed by atoms with Gasteiger partial charge in [-0.25, -0.2) is 4.98 Å². The molecule has 1 heterocycles. The van der Waals surface area contributed by atoms with E-state index in [1.165, 1.54) is 17.0 Å². The number of aryl methyl sites for hydroxylation is 1. The molecule has 1 aromatic carbocycles. The predicted octanol–water partition coefficient (Wildman–Crippen LogP) is 2.39. The Hall–Kier alpha value is -1.61. The van der Waals surface area contributed by atoms with Gasteiger partial charge in [-0.3, -0.25) is 0 Å². The van der Waals surface area contributed by atoms with Crippen LogP contribution in [0.5, 0.6) is 0 Å². The Bertz CT molecular complexity index is 488. The lowest BCUT2D eigenvalue weighted by Gasteiger charge is -2.11. The molecule has 0 unspecified atom stereocenters. The molecule has 0 bridgehead atoms. The van der Waals surface area contributed by atoms with Crippen molar-refractivity contribution in [2.75, 3.05) is 6.54 Å². The van der Waals surface area contributed by atoms with Gasteiger partial charge >= 0.3 is 0 Å². The summed E-state index contributed by atoms with van der Waals surface area (Å²) in [6, 6.07) is 8.51. The van der Waals surface area contributed by atoms with E-state index in [2.05, 4.69) is 46.9 Å². The maximum absolute atomic E-state index is 5.66. The molecular formula is C15H21N3. The molecule has 96 valence electrons. The highest BCUT2D eigenvalue weighted by atomic mass is 15.1. The van der Waals surface area contributed by atoms with Crippen LogP contribution in [-0.4, -0.2) is 16.1 Å². The summed E-state index contributed by atoms with van der Waals surface area (Å²) in [5.41, 5.74) is 8.35. The second kappa shape index (κ2) is 6.36. The van der Waals surface area contributed by atoms with Crippen LogP contribution in [0, 0.1) is 0 Å². The van der Waals surface area contributed by atoms with Gasteiger partial charge in [0.15, 0.2) is 0 Å². The van der Waals surface area contributed by atoms with Crippen molar-refractivity contribution in [1.29, 1.82) is 0 Å². The first-order chi connectivity index (χ1) is 8.85. The number of nitrogens with zero attached hydrogens (tertiary/aromatic N) is 2. The van der Waals surface area contributed by atoms with Gasteiger partial charge in [-0.2, -0.15) is 0 Å². The summed E-state index contributed by atoms with van der Waals surface area (Å²) < 4.78 is 2.23. The molecule has 0 saturated heterocycles. The Morgan fingerprint density at radius 2 is 1.94 bits per heavy atom. The van der Waals surface area contributed by atoms with Crippen LogP contribution in [0.4, 0.5) is 0 Å². The zero-order valence-electron chi connectivity index (χ0n) is 11.0. The molecule has 0 fully saturated rings. The number of rotatable bonds is 6. The molecule has 0 spiro atoms. The Labute approximate surface area is 109 Å². The van der Waals surface area contributed by atoms with Gasteiger partial charge in [0, 0.05) is 25.4 Å². The summed E-state index contributed by atoms with van der Waals surface area (Å²) in [4.78, 5) is 4.42. The normalized spacial score (nSPS) is 10.8. The van der Waals surface area contributed by atoms with Crippen molar-refractivity contribution in [2.24, 2.45) is 5.73 Å². The minimum atomic E-state index is 0.697. The third kappa shape index (κ3) is 2.99. The van der Waals surface area contributed by atoms with Crippen molar-refractivity contribution in [3.8, 4) is 0 Å². The average Bonchev–Trinajstić information content (AvgIpc) is 2.80. The molecule has 0 aliphatic rings. The first-order valence-corrected chi connectivity index (χ1v) is 6.62. The van der Waals surface area contributed by atoms with Crippen molar-refractivity contribution in [1.82, 2.24) is 9.55 Å². The van der Waals surface area contributed by atoms with Crippen LogP contribution in [0.1, 0.15) is 30.3 Å². The van der Waals surface area contributed by atoms with Crippen LogP contribution >= 0.6 is 0 Å². The second-order valence-electron chi connectivity index (χ2n) is 4.53. The molecule has 18 heavy (non-hydrogen) atoms. The fourth-order valence-electron chi connectivity index (χ4n) is 2.23. The van der Waals surface area contributed by atoms with Crippen molar-refractivity contribution < 1.29 is 0 Å². The van der Waals surface area contributed by atoms with Gasteiger partial charge in [-0.05, 0) is 30.5 Å². The standard InChI is InChI=1S/C15H21N3/c1-2-5-15-17-10-11-18(15)12-14-7-4-3-6-13(14)8-9-16/h3-4,6-7,10-11H,2,5,8-9,12,16H2,1H3. The summed E-state index contributed by atoms with van der Waals surface area (Å²) in [6.07, 6.45) is 7.04. The third-order valence-corrected chi connectivity index (χ3v) is 3.15. The second-order valence-corrected chi connectivity index (χ2v) is 4.53. The lowest BCUT2D eigenvalue weighted by molar-refractivity contribution is 0.699. The van der Waals surface area contributed by atoms with Crippen LogP contribution in [0.25, 0.3) is 0 Å². The number of imidazole rings is 1. The Kier molecular flexibility index (Phi) is 4.53. The predicted molar refractivity (Wildman–Crippen MR) is 74.5 cm³/mol. The molecule has 2 rings (SSSR count). The van der Waals surface area contributed by atoms with Gasteiger partial charge < -0.3 is 10.3 Å². The van der Waals surface area contributed by atoms with E-state index in [1.807, 2.05) is 6.20 Å². The molecule has 0 saturated carbocycles. The van der Waals surface area contributed by atoms with Crippen LogP contribution < -0.4 is 5.73 Å². The van der Waals surface area contributed by atoms with Gasteiger partial charge in [-0.15, -0.1) is 0 Å². The summed E-state index contributed by atoms with van der Waals surface area (Å²) in [5, 5.41) is 0.